The van der Waals surface area contributed by atoms with Crippen LogP contribution in [0.5, 0.6) is 0 Å². The maximum atomic E-state index is 12.3. The van der Waals surface area contributed by atoms with E-state index < -0.39 is 10.8 Å². The molecule has 0 atom stereocenters. The molecule has 0 spiro atoms. The Morgan fingerprint density at radius 3 is 2.71 bits per heavy atom. The van der Waals surface area contributed by atoms with E-state index in [1.165, 1.54) is 24.3 Å². The van der Waals surface area contributed by atoms with Gasteiger partial charge in [-0.25, -0.2) is 4.98 Å². The van der Waals surface area contributed by atoms with Crippen LogP contribution in [-0.4, -0.2) is 20.8 Å². The minimum atomic E-state index is -0.587. The number of pyridine rings is 1. The Bertz CT molecular complexity index is 1320. The number of carbonyl (C=O) groups excluding carboxylic acids is 1. The Balaban J connectivity index is 1.54. The summed E-state index contributed by atoms with van der Waals surface area (Å²) in [5, 5.41) is 14.1. The van der Waals surface area contributed by atoms with Crippen LogP contribution in [0.25, 0.3) is 28.8 Å². The fourth-order valence-electron chi connectivity index (χ4n) is 2.78. The number of nitrogens with zero attached hydrogens (tertiary/aromatic N) is 3. The smallest absolute Gasteiger partial charge is 0.288 e. The molecule has 4 rings (SSSR count). The van der Waals surface area contributed by atoms with Gasteiger partial charge in [-0.1, -0.05) is 29.3 Å². The monoisotopic (exact) mass is 454 g/mol. The normalized spacial score (nSPS) is 11.2. The highest BCUT2D eigenvalue weighted by Crippen LogP contribution is 2.32. The van der Waals surface area contributed by atoms with Crippen molar-refractivity contribution >= 4 is 57.8 Å². The number of halogens is 2. The van der Waals surface area contributed by atoms with Crippen LogP contribution in [0.4, 0.5) is 11.4 Å². The highest BCUT2D eigenvalue weighted by Gasteiger charge is 2.14. The Morgan fingerprint density at radius 2 is 1.94 bits per heavy atom. The predicted octanol–water partition coefficient (Wildman–Crippen LogP) is 5.76. The van der Waals surface area contributed by atoms with Crippen LogP contribution in [0.15, 0.2) is 65.2 Å². The lowest BCUT2D eigenvalue weighted by atomic mass is 10.1. The first kappa shape index (κ1) is 20.5. The van der Waals surface area contributed by atoms with Gasteiger partial charge < -0.3 is 9.73 Å². The predicted molar refractivity (Wildman–Crippen MR) is 118 cm³/mol. The second-order valence-electron chi connectivity index (χ2n) is 6.33. The molecule has 154 valence electrons. The third-order valence-corrected chi connectivity index (χ3v) is 4.87. The SMILES string of the molecule is O=C(/C=C/c1ccc(Cl)c([N+](=O)[O-])c1)Nc1ccc(Cl)c(-c2nc3ncccc3o2)c1. The highest BCUT2D eigenvalue weighted by molar-refractivity contribution is 6.33. The molecule has 4 aromatic rings. The largest absolute Gasteiger partial charge is 0.434 e. The van der Waals surface area contributed by atoms with E-state index in [0.717, 1.165) is 0 Å². The number of oxazole rings is 1. The maximum absolute atomic E-state index is 12.3. The number of hydrogen-bond donors (Lipinski definition) is 1. The average molecular weight is 455 g/mol. The van der Waals surface area contributed by atoms with Gasteiger partial charge in [0.1, 0.15) is 5.02 Å². The minimum absolute atomic E-state index is 0.0229. The standard InChI is InChI=1S/C21H12Cl2N4O4/c22-15-7-5-13(11-14(15)21-26-20-18(31-21)2-1-9-24-20)25-19(28)8-4-12-3-6-16(23)17(10-12)27(29)30/h1-11H,(H,25,28)/b8-4+. The summed E-state index contributed by atoms with van der Waals surface area (Å²) < 4.78 is 5.69. The zero-order valence-electron chi connectivity index (χ0n) is 15.6. The van der Waals surface area contributed by atoms with Gasteiger partial charge in [0, 0.05) is 24.0 Å². The number of nitro groups is 1. The van der Waals surface area contributed by atoms with Crippen LogP contribution in [0.3, 0.4) is 0 Å². The molecular formula is C21H12Cl2N4O4. The molecule has 0 bridgehead atoms. The summed E-state index contributed by atoms with van der Waals surface area (Å²) in [4.78, 5) is 31.1. The molecule has 2 aromatic carbocycles. The Morgan fingerprint density at radius 1 is 1.13 bits per heavy atom. The molecule has 0 aliphatic rings. The van der Waals surface area contributed by atoms with E-state index in [-0.39, 0.29) is 16.6 Å². The molecule has 0 saturated carbocycles. The summed E-state index contributed by atoms with van der Waals surface area (Å²) in [6.07, 6.45) is 4.31. The molecule has 8 nitrogen and oxygen atoms in total. The number of nitro benzene ring substituents is 1. The van der Waals surface area contributed by atoms with Crippen molar-refractivity contribution in [3.05, 3.63) is 86.5 Å². The van der Waals surface area contributed by atoms with Crippen molar-refractivity contribution < 1.29 is 14.1 Å². The average Bonchev–Trinajstić information content (AvgIpc) is 3.18. The van der Waals surface area contributed by atoms with Crippen LogP contribution in [-0.2, 0) is 4.79 Å². The third kappa shape index (κ3) is 4.55. The number of carbonyl (C=O) groups is 1. The zero-order chi connectivity index (χ0) is 22.0. The summed E-state index contributed by atoms with van der Waals surface area (Å²) in [5.41, 5.74) is 2.15. The Labute approximate surface area is 185 Å². The van der Waals surface area contributed by atoms with E-state index in [1.54, 1.807) is 42.6 Å². The van der Waals surface area contributed by atoms with Crippen LogP contribution in [0, 0.1) is 10.1 Å². The first-order valence-corrected chi connectivity index (χ1v) is 9.61. The van der Waals surface area contributed by atoms with Crippen molar-refractivity contribution in [1.29, 1.82) is 0 Å². The van der Waals surface area contributed by atoms with Crippen LogP contribution in [0.2, 0.25) is 10.0 Å². The third-order valence-electron chi connectivity index (χ3n) is 4.22. The van der Waals surface area contributed by atoms with Gasteiger partial charge in [0.25, 0.3) is 5.69 Å². The number of benzene rings is 2. The lowest BCUT2D eigenvalue weighted by molar-refractivity contribution is -0.384. The van der Waals surface area contributed by atoms with Crippen LogP contribution in [0.1, 0.15) is 5.56 Å². The van der Waals surface area contributed by atoms with E-state index >= 15 is 0 Å². The zero-order valence-corrected chi connectivity index (χ0v) is 17.1. The second-order valence-corrected chi connectivity index (χ2v) is 7.14. The highest BCUT2D eigenvalue weighted by atomic mass is 35.5. The quantitative estimate of drug-likeness (QED) is 0.233. The number of anilines is 1. The van der Waals surface area contributed by atoms with E-state index in [4.69, 9.17) is 27.6 Å². The summed E-state index contributed by atoms with van der Waals surface area (Å²) in [6.45, 7) is 0. The number of fused-ring (bicyclic) bond motifs is 1. The van der Waals surface area contributed by atoms with Gasteiger partial charge in [-0.15, -0.1) is 0 Å². The van der Waals surface area contributed by atoms with Crippen molar-refractivity contribution in [2.75, 3.05) is 5.32 Å². The molecule has 0 fully saturated rings. The Hall–Kier alpha value is -3.75. The van der Waals surface area contributed by atoms with Gasteiger partial charge in [0.05, 0.1) is 15.5 Å². The lowest BCUT2D eigenvalue weighted by Crippen LogP contribution is -2.07. The van der Waals surface area contributed by atoms with Crippen LogP contribution >= 0.6 is 23.2 Å². The molecule has 1 N–H and O–H groups in total. The fraction of sp³-hybridized carbons (Fsp3) is 0. The molecule has 2 aromatic heterocycles. The van der Waals surface area contributed by atoms with Gasteiger partial charge in [0.2, 0.25) is 11.8 Å². The van der Waals surface area contributed by atoms with Crippen molar-refractivity contribution in [2.45, 2.75) is 0 Å². The van der Waals surface area contributed by atoms with E-state index in [1.807, 2.05) is 0 Å². The van der Waals surface area contributed by atoms with E-state index in [2.05, 4.69) is 15.3 Å². The maximum Gasteiger partial charge on any atom is 0.288 e. The molecule has 0 aliphatic carbocycles. The Kier molecular flexibility index (Phi) is 5.66. The first-order chi connectivity index (χ1) is 14.9. The summed E-state index contributed by atoms with van der Waals surface area (Å²) in [6, 6.07) is 12.6. The molecule has 2 heterocycles. The molecule has 0 unspecified atom stereocenters. The van der Waals surface area contributed by atoms with Gasteiger partial charge >= 0.3 is 0 Å². The number of rotatable bonds is 5. The van der Waals surface area contributed by atoms with Crippen LogP contribution < -0.4 is 5.32 Å². The van der Waals surface area contributed by atoms with Gasteiger partial charge in [0.15, 0.2) is 11.2 Å². The van der Waals surface area contributed by atoms with Crippen molar-refractivity contribution in [3.63, 3.8) is 0 Å². The number of aromatic nitrogens is 2. The van der Waals surface area contributed by atoms with Gasteiger partial charge in [-0.05, 0) is 48.0 Å². The minimum Gasteiger partial charge on any atom is -0.434 e. The second kappa shape index (κ2) is 8.55. The summed E-state index contributed by atoms with van der Waals surface area (Å²) >= 11 is 12.1. The van der Waals surface area contributed by atoms with Crippen molar-refractivity contribution in [3.8, 4) is 11.5 Å². The number of hydrogen-bond acceptors (Lipinski definition) is 6. The fourth-order valence-corrected chi connectivity index (χ4v) is 3.17. The molecule has 10 heteroatoms. The molecule has 0 saturated heterocycles. The first-order valence-electron chi connectivity index (χ1n) is 8.85. The van der Waals surface area contributed by atoms with Gasteiger partial charge in [-0.2, -0.15) is 4.98 Å². The van der Waals surface area contributed by atoms with Crippen molar-refractivity contribution in [2.24, 2.45) is 0 Å². The molecular weight excluding hydrogens is 443 g/mol. The molecule has 31 heavy (non-hydrogen) atoms. The van der Waals surface area contributed by atoms with Gasteiger partial charge in [-0.3, -0.25) is 14.9 Å². The number of amides is 1. The number of nitrogens with one attached hydrogen (secondary N) is 1. The summed E-state index contributed by atoms with van der Waals surface area (Å²) in [5.74, 6) is -0.163. The molecule has 0 radical (unpaired) electrons. The van der Waals surface area contributed by atoms with E-state index in [9.17, 15) is 14.9 Å². The summed E-state index contributed by atoms with van der Waals surface area (Å²) in [7, 11) is 0. The lowest BCUT2D eigenvalue weighted by Gasteiger charge is -2.06. The topological polar surface area (TPSA) is 111 Å². The molecule has 1 amide bonds. The molecule has 0 aliphatic heterocycles. The van der Waals surface area contributed by atoms with Crippen molar-refractivity contribution in [1.82, 2.24) is 9.97 Å². The van der Waals surface area contributed by atoms with E-state index in [0.29, 0.717) is 33.1 Å².